The highest BCUT2D eigenvalue weighted by Crippen LogP contribution is 2.27. The summed E-state index contributed by atoms with van der Waals surface area (Å²) in [5.41, 5.74) is 2.61. The van der Waals surface area contributed by atoms with Crippen molar-refractivity contribution in [3.8, 4) is 11.1 Å². The Morgan fingerprint density at radius 2 is 1.60 bits per heavy atom. The van der Waals surface area contributed by atoms with E-state index in [1.165, 1.54) is 0 Å². The van der Waals surface area contributed by atoms with E-state index in [0.717, 1.165) is 45.3 Å². The van der Waals surface area contributed by atoms with Gasteiger partial charge in [-0.25, -0.2) is 18.0 Å². The van der Waals surface area contributed by atoms with E-state index < -0.39 is 51.5 Å². The molecule has 2 atom stereocenters. The molecular weight excluding hydrogens is 566 g/mol. The van der Waals surface area contributed by atoms with Crippen LogP contribution in [-0.4, -0.2) is 65.8 Å². The average molecular weight is 596 g/mol. The quantitative estimate of drug-likeness (QED) is 0.192. The molecule has 2 unspecified atom stereocenters. The number of nitro benzene ring substituents is 1. The molecule has 1 heterocycles. The number of urea groups is 1. The van der Waals surface area contributed by atoms with Gasteiger partial charge in [0.2, 0.25) is 15.9 Å². The van der Waals surface area contributed by atoms with E-state index in [2.05, 4.69) is 16.0 Å². The zero-order chi connectivity index (χ0) is 30.3. The van der Waals surface area contributed by atoms with Crippen LogP contribution in [0.3, 0.4) is 0 Å². The molecule has 0 radical (unpaired) electrons. The van der Waals surface area contributed by atoms with E-state index >= 15 is 0 Å². The molecule has 1 aliphatic rings. The number of hydrogen-bond donors (Lipinski definition) is 4. The molecule has 13 nitrogen and oxygen atoms in total. The van der Waals surface area contributed by atoms with Crippen LogP contribution >= 0.6 is 0 Å². The van der Waals surface area contributed by atoms with E-state index in [9.17, 15) is 38.0 Å². The van der Waals surface area contributed by atoms with Gasteiger partial charge in [0, 0.05) is 25.2 Å². The Morgan fingerprint density at radius 1 is 0.952 bits per heavy atom. The molecule has 1 fully saturated rings. The fraction of sp³-hybridized carbons (Fsp3) is 0.250. The van der Waals surface area contributed by atoms with Crippen LogP contribution in [0.15, 0.2) is 83.8 Å². The highest BCUT2D eigenvalue weighted by atomic mass is 32.2. The third-order valence-corrected chi connectivity index (χ3v) is 8.68. The van der Waals surface area contributed by atoms with Crippen molar-refractivity contribution in [1.29, 1.82) is 0 Å². The molecule has 1 aliphatic heterocycles. The van der Waals surface area contributed by atoms with Gasteiger partial charge < -0.3 is 21.1 Å². The Labute approximate surface area is 241 Å². The second-order valence-electron chi connectivity index (χ2n) is 9.55. The topological polar surface area (TPSA) is 188 Å². The second kappa shape index (κ2) is 13.2. The molecule has 4 N–H and O–H groups in total. The van der Waals surface area contributed by atoms with Gasteiger partial charge in [0.15, 0.2) is 0 Å². The largest absolute Gasteiger partial charge is 0.480 e. The number of aliphatic carboxylic acids is 1. The van der Waals surface area contributed by atoms with Crippen molar-refractivity contribution < 1.29 is 32.8 Å². The van der Waals surface area contributed by atoms with Crippen LogP contribution in [0.2, 0.25) is 0 Å². The molecule has 3 aromatic rings. The van der Waals surface area contributed by atoms with Crippen LogP contribution in [0.25, 0.3) is 11.1 Å². The predicted molar refractivity (Wildman–Crippen MR) is 152 cm³/mol. The van der Waals surface area contributed by atoms with Crippen LogP contribution in [0, 0.1) is 10.1 Å². The van der Waals surface area contributed by atoms with Crippen LogP contribution in [0.5, 0.6) is 0 Å². The highest BCUT2D eigenvalue weighted by Gasteiger charge is 2.40. The van der Waals surface area contributed by atoms with Gasteiger partial charge in [-0.2, -0.15) is 4.31 Å². The smallest absolute Gasteiger partial charge is 0.328 e. The van der Waals surface area contributed by atoms with Crippen LogP contribution in [0.4, 0.5) is 10.5 Å². The van der Waals surface area contributed by atoms with Crippen molar-refractivity contribution in [1.82, 2.24) is 20.3 Å². The fourth-order valence-electron chi connectivity index (χ4n) is 4.52. The lowest BCUT2D eigenvalue weighted by Crippen LogP contribution is -2.54. The molecule has 220 valence electrons. The SMILES string of the molecule is O=C(NCc1ccc(-c2ccccc2)cc1)NCC(NC(=O)C1CCCN1S(=O)(=O)c1ccc([N+](=O)[O-])cc1)C(=O)O. The molecule has 0 aromatic heterocycles. The Morgan fingerprint density at radius 3 is 2.21 bits per heavy atom. The molecular formula is C28H29N5O8S. The minimum atomic E-state index is -4.19. The van der Waals surface area contributed by atoms with E-state index in [1.54, 1.807) is 0 Å². The molecule has 3 amide bonds. The first kappa shape index (κ1) is 30.1. The van der Waals surface area contributed by atoms with Gasteiger partial charge in [-0.15, -0.1) is 0 Å². The number of rotatable bonds is 11. The normalized spacial score (nSPS) is 15.9. The number of carbonyl (C=O) groups is 3. The first-order valence-electron chi connectivity index (χ1n) is 13.0. The number of sulfonamides is 1. The van der Waals surface area contributed by atoms with E-state index in [1.807, 2.05) is 54.6 Å². The molecule has 4 rings (SSSR count). The summed E-state index contributed by atoms with van der Waals surface area (Å²) in [6.45, 7) is -0.244. The summed E-state index contributed by atoms with van der Waals surface area (Å²) >= 11 is 0. The predicted octanol–water partition coefficient (Wildman–Crippen LogP) is 2.48. The number of non-ortho nitro benzene ring substituents is 1. The minimum Gasteiger partial charge on any atom is -0.480 e. The number of nitrogens with one attached hydrogen (secondary N) is 3. The molecule has 3 aromatic carbocycles. The third kappa shape index (κ3) is 7.27. The zero-order valence-corrected chi connectivity index (χ0v) is 23.1. The van der Waals surface area contributed by atoms with E-state index in [-0.39, 0.29) is 30.1 Å². The summed E-state index contributed by atoms with van der Waals surface area (Å²) in [7, 11) is -4.19. The summed E-state index contributed by atoms with van der Waals surface area (Å²) < 4.78 is 27.2. The lowest BCUT2D eigenvalue weighted by molar-refractivity contribution is -0.384. The van der Waals surface area contributed by atoms with Crippen LogP contribution in [0.1, 0.15) is 18.4 Å². The van der Waals surface area contributed by atoms with Gasteiger partial charge in [0.25, 0.3) is 5.69 Å². The average Bonchev–Trinajstić information content (AvgIpc) is 3.50. The highest BCUT2D eigenvalue weighted by molar-refractivity contribution is 7.89. The lowest BCUT2D eigenvalue weighted by Gasteiger charge is -2.25. The number of hydrogen-bond acceptors (Lipinski definition) is 7. The van der Waals surface area contributed by atoms with Crippen molar-refractivity contribution in [2.24, 2.45) is 0 Å². The number of benzene rings is 3. The van der Waals surface area contributed by atoms with Crippen LogP contribution < -0.4 is 16.0 Å². The number of carboxylic acids is 1. The molecule has 14 heteroatoms. The summed E-state index contributed by atoms with van der Waals surface area (Å²) in [6, 6.07) is 18.3. The van der Waals surface area contributed by atoms with Crippen molar-refractivity contribution in [2.45, 2.75) is 36.4 Å². The molecule has 0 bridgehead atoms. The van der Waals surface area contributed by atoms with Gasteiger partial charge in [-0.05, 0) is 41.7 Å². The first-order valence-corrected chi connectivity index (χ1v) is 14.5. The monoisotopic (exact) mass is 595 g/mol. The molecule has 42 heavy (non-hydrogen) atoms. The number of amides is 3. The van der Waals surface area contributed by atoms with E-state index in [0.29, 0.717) is 6.42 Å². The van der Waals surface area contributed by atoms with Crippen molar-refractivity contribution in [3.05, 3.63) is 94.5 Å². The van der Waals surface area contributed by atoms with E-state index in [4.69, 9.17) is 0 Å². The summed E-state index contributed by atoms with van der Waals surface area (Å²) in [5.74, 6) is -2.24. The van der Waals surface area contributed by atoms with Crippen molar-refractivity contribution in [2.75, 3.05) is 13.1 Å². The summed E-state index contributed by atoms with van der Waals surface area (Å²) in [6.07, 6.45) is 0.510. The number of carbonyl (C=O) groups excluding carboxylic acids is 2. The maximum absolute atomic E-state index is 13.1. The molecule has 1 saturated heterocycles. The van der Waals surface area contributed by atoms with Gasteiger partial charge in [0.05, 0.1) is 16.4 Å². The van der Waals surface area contributed by atoms with Gasteiger partial charge in [0.1, 0.15) is 12.1 Å². The third-order valence-electron chi connectivity index (χ3n) is 6.76. The number of carboxylic acid groups (broad SMARTS) is 1. The molecule has 0 spiro atoms. The van der Waals surface area contributed by atoms with Gasteiger partial charge >= 0.3 is 12.0 Å². The standard InChI is InChI=1S/C28H29N5O8S/c34-26(25-7-4-16-32(25)42(40,41)23-14-12-22(13-15-23)33(38)39)31-24(27(35)36)18-30-28(37)29-17-19-8-10-21(11-9-19)20-5-2-1-3-6-20/h1-3,5-6,8-15,24-25H,4,7,16-18H2,(H,31,34)(H,35,36)(H2,29,30,37). The Balaban J connectivity index is 1.31. The first-order chi connectivity index (χ1) is 20.1. The number of nitro groups is 1. The van der Waals surface area contributed by atoms with Crippen molar-refractivity contribution >= 4 is 33.6 Å². The molecule has 0 saturated carbocycles. The zero-order valence-electron chi connectivity index (χ0n) is 22.3. The van der Waals surface area contributed by atoms with Crippen LogP contribution in [-0.2, 0) is 26.2 Å². The maximum Gasteiger partial charge on any atom is 0.328 e. The Bertz CT molecular complexity index is 1550. The Kier molecular flexibility index (Phi) is 9.49. The minimum absolute atomic E-state index is 0.0160. The second-order valence-corrected chi connectivity index (χ2v) is 11.4. The van der Waals surface area contributed by atoms with Gasteiger partial charge in [-0.1, -0.05) is 54.6 Å². The van der Waals surface area contributed by atoms with Gasteiger partial charge in [-0.3, -0.25) is 14.9 Å². The lowest BCUT2D eigenvalue weighted by atomic mass is 10.0. The summed E-state index contributed by atoms with van der Waals surface area (Å²) in [5, 5.41) is 27.9. The maximum atomic E-state index is 13.1. The number of nitrogens with zero attached hydrogens (tertiary/aromatic N) is 2. The summed E-state index contributed by atoms with van der Waals surface area (Å²) in [4.78, 5) is 47.1. The Hall–Kier alpha value is -4.82. The fourth-order valence-corrected chi connectivity index (χ4v) is 6.17. The molecule has 0 aliphatic carbocycles. The van der Waals surface area contributed by atoms with Crippen molar-refractivity contribution in [3.63, 3.8) is 0 Å².